The summed E-state index contributed by atoms with van der Waals surface area (Å²) in [5, 5.41) is 12.6. The van der Waals surface area contributed by atoms with Crippen LogP contribution in [0, 0.1) is 12.1 Å². The number of anilines is 1. The molecule has 1 aromatic heterocycles. The molecule has 0 radical (unpaired) electrons. The highest BCUT2D eigenvalue weighted by molar-refractivity contribution is 6.35. The van der Waals surface area contributed by atoms with Crippen molar-refractivity contribution in [2.45, 2.75) is 6.92 Å². The lowest BCUT2D eigenvalue weighted by Crippen LogP contribution is -2.31. The fraction of sp³-hybridized carbons (Fsp3) is 0.0526. The third-order valence-electron chi connectivity index (χ3n) is 3.91. The van der Waals surface area contributed by atoms with Crippen molar-refractivity contribution in [2.24, 2.45) is 0 Å². The fourth-order valence-electron chi connectivity index (χ4n) is 2.64. The Balaban J connectivity index is 2.19. The van der Waals surface area contributed by atoms with Gasteiger partial charge in [-0.25, -0.2) is 0 Å². The zero-order valence-electron chi connectivity index (χ0n) is 13.0. The van der Waals surface area contributed by atoms with Crippen molar-refractivity contribution in [3.8, 4) is 11.3 Å². The molecule has 0 amide bonds. The molecule has 0 bridgehead atoms. The van der Waals surface area contributed by atoms with Crippen LogP contribution in [0.2, 0.25) is 5.02 Å². The van der Waals surface area contributed by atoms with Crippen LogP contribution in [0.15, 0.2) is 60.8 Å². The lowest BCUT2D eigenvalue weighted by atomic mass is 9.97. The predicted octanol–water partition coefficient (Wildman–Crippen LogP) is 3.76. The Kier molecular flexibility index (Phi) is 4.23. The average Bonchev–Trinajstić information content (AvgIpc) is 2.56. The molecule has 2 aromatic carbocycles. The molecule has 0 aliphatic rings. The number of aryl methyl sites for hydroxylation is 1. The molecule has 3 aromatic rings. The van der Waals surface area contributed by atoms with E-state index < -0.39 is 0 Å². The van der Waals surface area contributed by atoms with E-state index in [0.29, 0.717) is 20.9 Å². The smallest absolute Gasteiger partial charge is 0.247 e. The number of hydrogen-bond acceptors (Lipinski definition) is 3. The molecule has 2 N–H and O–H groups in total. The Morgan fingerprint density at radius 3 is 2.42 bits per heavy atom. The molecule has 4 nitrogen and oxygen atoms in total. The molecular weight excluding hydrogens is 324 g/mol. The number of nitrogen functional groups attached to an aromatic ring is 1. The molecule has 0 aliphatic heterocycles. The molecule has 0 saturated heterocycles. The maximum atomic E-state index is 12.8. The Morgan fingerprint density at radius 1 is 1.04 bits per heavy atom. The van der Waals surface area contributed by atoms with Crippen LogP contribution < -0.4 is 10.5 Å². The number of rotatable bonds is 3. The summed E-state index contributed by atoms with van der Waals surface area (Å²) >= 11 is 6.11. The number of nitrogens with zero attached hydrogens (tertiary/aromatic N) is 1. The number of halogens is 1. The lowest BCUT2D eigenvalue weighted by molar-refractivity contribution is -0.593. The minimum Gasteiger partial charge on any atom is -0.618 e. The molecule has 120 valence electrons. The number of pyridine rings is 1. The molecule has 0 unspecified atom stereocenters. The Morgan fingerprint density at radius 2 is 1.71 bits per heavy atom. The van der Waals surface area contributed by atoms with Crippen molar-refractivity contribution in [1.82, 2.24) is 0 Å². The van der Waals surface area contributed by atoms with Gasteiger partial charge < -0.3 is 10.9 Å². The normalized spacial score (nSPS) is 10.6. The molecule has 24 heavy (non-hydrogen) atoms. The highest BCUT2D eigenvalue weighted by Gasteiger charge is 2.23. The fourth-order valence-corrected chi connectivity index (χ4v) is 2.87. The third-order valence-corrected chi connectivity index (χ3v) is 4.24. The summed E-state index contributed by atoms with van der Waals surface area (Å²) in [5.74, 6) is -0.312. The standard InChI is InChI=1S/C19H15ClN2O2/c1-12-6-2-3-7-13(12)18-17(21)15(10-11-22(18)24)19(23)14-8-4-5-9-16(14)20/h2-11H,21H2,1H3. The molecule has 0 atom stereocenters. The minimum absolute atomic E-state index is 0.145. The van der Waals surface area contributed by atoms with Gasteiger partial charge in [0.1, 0.15) is 5.69 Å². The number of benzene rings is 2. The van der Waals surface area contributed by atoms with E-state index >= 15 is 0 Å². The highest BCUT2D eigenvalue weighted by Crippen LogP contribution is 2.30. The van der Waals surface area contributed by atoms with Crippen LogP contribution in [0.1, 0.15) is 21.5 Å². The molecular formula is C19H15ClN2O2. The van der Waals surface area contributed by atoms with E-state index in [1.54, 1.807) is 30.3 Å². The third kappa shape index (κ3) is 2.72. The largest absolute Gasteiger partial charge is 0.618 e. The van der Waals surface area contributed by atoms with E-state index in [1.165, 1.54) is 12.3 Å². The first kappa shape index (κ1) is 16.0. The van der Waals surface area contributed by atoms with Gasteiger partial charge in [0.05, 0.1) is 16.1 Å². The van der Waals surface area contributed by atoms with Gasteiger partial charge in [0, 0.05) is 11.6 Å². The second-order valence-electron chi connectivity index (χ2n) is 5.44. The molecule has 0 spiro atoms. The SMILES string of the molecule is Cc1ccccc1-c1c(N)c(C(=O)c2ccccc2Cl)cc[n+]1[O-]. The van der Waals surface area contributed by atoms with E-state index in [9.17, 15) is 10.0 Å². The van der Waals surface area contributed by atoms with Gasteiger partial charge in [-0.1, -0.05) is 41.9 Å². The van der Waals surface area contributed by atoms with Crippen LogP contribution >= 0.6 is 11.6 Å². The number of aromatic nitrogens is 1. The lowest BCUT2D eigenvalue weighted by Gasteiger charge is -2.13. The number of hydrogen-bond donors (Lipinski definition) is 1. The highest BCUT2D eigenvalue weighted by atomic mass is 35.5. The number of nitrogens with two attached hydrogens (primary N) is 1. The predicted molar refractivity (Wildman–Crippen MR) is 94.9 cm³/mol. The van der Waals surface area contributed by atoms with E-state index in [-0.39, 0.29) is 22.7 Å². The van der Waals surface area contributed by atoms with E-state index in [4.69, 9.17) is 17.3 Å². The summed E-state index contributed by atoms with van der Waals surface area (Å²) < 4.78 is 0.682. The van der Waals surface area contributed by atoms with Gasteiger partial charge >= 0.3 is 0 Å². The first-order valence-electron chi connectivity index (χ1n) is 7.37. The van der Waals surface area contributed by atoms with Crippen molar-refractivity contribution < 1.29 is 9.52 Å². The van der Waals surface area contributed by atoms with Crippen molar-refractivity contribution in [2.75, 3.05) is 5.73 Å². The van der Waals surface area contributed by atoms with Crippen molar-refractivity contribution in [1.29, 1.82) is 0 Å². The average molecular weight is 339 g/mol. The van der Waals surface area contributed by atoms with Gasteiger partial charge in [0.15, 0.2) is 12.0 Å². The summed E-state index contributed by atoms with van der Waals surface area (Å²) in [6, 6.07) is 15.6. The van der Waals surface area contributed by atoms with Gasteiger partial charge in [-0.15, -0.1) is 0 Å². The summed E-state index contributed by atoms with van der Waals surface area (Å²) in [6.07, 6.45) is 1.29. The molecule has 0 aliphatic carbocycles. The summed E-state index contributed by atoms with van der Waals surface area (Å²) in [5.41, 5.74) is 8.81. The van der Waals surface area contributed by atoms with Gasteiger partial charge in [0.2, 0.25) is 5.69 Å². The molecule has 3 rings (SSSR count). The summed E-state index contributed by atoms with van der Waals surface area (Å²) in [6.45, 7) is 1.89. The van der Waals surface area contributed by atoms with Crippen molar-refractivity contribution >= 4 is 23.1 Å². The number of carbonyl (C=O) groups excluding carboxylic acids is 1. The van der Waals surface area contributed by atoms with Gasteiger partial charge in [-0.05, 0) is 30.7 Å². The molecule has 1 heterocycles. The van der Waals surface area contributed by atoms with Crippen LogP contribution in [-0.2, 0) is 0 Å². The van der Waals surface area contributed by atoms with Crippen LogP contribution in [-0.4, -0.2) is 5.78 Å². The Bertz CT molecular complexity index is 938. The van der Waals surface area contributed by atoms with E-state index in [0.717, 1.165) is 5.56 Å². The molecule has 0 fully saturated rings. The number of ketones is 1. The Labute approximate surface area is 144 Å². The monoisotopic (exact) mass is 338 g/mol. The topological polar surface area (TPSA) is 70.0 Å². The van der Waals surface area contributed by atoms with E-state index in [1.807, 2.05) is 25.1 Å². The molecule has 0 saturated carbocycles. The van der Waals surface area contributed by atoms with Crippen molar-refractivity contribution in [3.63, 3.8) is 0 Å². The minimum atomic E-state index is -0.312. The second-order valence-corrected chi connectivity index (χ2v) is 5.85. The first-order valence-corrected chi connectivity index (χ1v) is 7.75. The number of carbonyl (C=O) groups is 1. The van der Waals surface area contributed by atoms with E-state index in [2.05, 4.69) is 0 Å². The second kappa shape index (κ2) is 6.34. The quantitative estimate of drug-likeness (QED) is 0.449. The van der Waals surface area contributed by atoms with Crippen LogP contribution in [0.5, 0.6) is 0 Å². The van der Waals surface area contributed by atoms with Gasteiger partial charge in [-0.3, -0.25) is 4.79 Å². The maximum Gasteiger partial charge on any atom is 0.247 e. The van der Waals surface area contributed by atoms with Gasteiger partial charge in [0.25, 0.3) is 0 Å². The zero-order valence-corrected chi connectivity index (χ0v) is 13.7. The Hall–Kier alpha value is -2.85. The van der Waals surface area contributed by atoms with Gasteiger partial charge in [-0.2, -0.15) is 4.73 Å². The van der Waals surface area contributed by atoms with Crippen LogP contribution in [0.3, 0.4) is 0 Å². The van der Waals surface area contributed by atoms with Crippen LogP contribution in [0.25, 0.3) is 11.3 Å². The van der Waals surface area contributed by atoms with Crippen LogP contribution in [0.4, 0.5) is 5.69 Å². The van der Waals surface area contributed by atoms with Crippen molar-refractivity contribution in [3.05, 3.63) is 87.7 Å². The summed E-state index contributed by atoms with van der Waals surface area (Å²) in [7, 11) is 0. The maximum absolute atomic E-state index is 12.8. The summed E-state index contributed by atoms with van der Waals surface area (Å²) in [4.78, 5) is 12.8. The molecule has 5 heteroatoms. The zero-order chi connectivity index (χ0) is 17.3. The first-order chi connectivity index (χ1) is 11.5.